The molecule has 0 spiro atoms. The second kappa shape index (κ2) is 6.69. The molecule has 1 heterocycles. The second-order valence-corrected chi connectivity index (χ2v) is 6.32. The zero-order valence-electron chi connectivity index (χ0n) is 13.1. The van der Waals surface area contributed by atoms with E-state index in [1.165, 1.54) is 0 Å². The standard InChI is InChI=1S/C15H29N3O/c1-6-15(11-16,17-5)8-7-9-18-10-13(2)19-14(3,4)12-18/h13,17H,6-10,12H2,1-5H3. The Morgan fingerprint density at radius 2 is 2.21 bits per heavy atom. The number of nitrogens with zero attached hydrogens (tertiary/aromatic N) is 2. The third-order valence-electron chi connectivity index (χ3n) is 4.01. The van der Waals surface area contributed by atoms with E-state index in [1.807, 2.05) is 7.05 Å². The lowest BCUT2D eigenvalue weighted by atomic mass is 9.92. The largest absolute Gasteiger partial charge is 0.370 e. The molecule has 1 aliphatic rings. The molecule has 1 fully saturated rings. The number of hydrogen-bond donors (Lipinski definition) is 1. The molecule has 2 atom stereocenters. The molecule has 0 aliphatic carbocycles. The Morgan fingerprint density at radius 1 is 1.53 bits per heavy atom. The first-order valence-electron chi connectivity index (χ1n) is 7.37. The molecule has 2 unspecified atom stereocenters. The zero-order valence-corrected chi connectivity index (χ0v) is 13.1. The maximum atomic E-state index is 9.29. The lowest BCUT2D eigenvalue weighted by Crippen LogP contribution is -2.52. The molecule has 0 saturated carbocycles. The Bertz CT molecular complexity index is 318. The average molecular weight is 267 g/mol. The van der Waals surface area contributed by atoms with Crippen molar-refractivity contribution in [2.75, 3.05) is 26.7 Å². The quantitative estimate of drug-likeness (QED) is 0.801. The highest BCUT2D eigenvalue weighted by molar-refractivity contribution is 5.05. The van der Waals surface area contributed by atoms with Gasteiger partial charge in [-0.2, -0.15) is 5.26 Å². The van der Waals surface area contributed by atoms with E-state index in [-0.39, 0.29) is 11.1 Å². The SMILES string of the molecule is CCC(C#N)(CCCN1CC(C)OC(C)(C)C1)NC. The Labute approximate surface area is 118 Å². The van der Waals surface area contributed by atoms with Gasteiger partial charge in [-0.15, -0.1) is 0 Å². The van der Waals surface area contributed by atoms with Crippen molar-refractivity contribution in [3.63, 3.8) is 0 Å². The van der Waals surface area contributed by atoms with Crippen molar-refractivity contribution in [3.05, 3.63) is 0 Å². The van der Waals surface area contributed by atoms with Gasteiger partial charge in [0.05, 0.1) is 17.8 Å². The molecule has 19 heavy (non-hydrogen) atoms. The summed E-state index contributed by atoms with van der Waals surface area (Å²) in [6.45, 7) is 11.5. The van der Waals surface area contributed by atoms with Crippen LogP contribution in [0.1, 0.15) is 47.0 Å². The molecule has 1 aliphatic heterocycles. The molecule has 0 aromatic rings. The van der Waals surface area contributed by atoms with Crippen LogP contribution >= 0.6 is 0 Å². The van der Waals surface area contributed by atoms with E-state index >= 15 is 0 Å². The Balaban J connectivity index is 2.43. The molecule has 110 valence electrons. The van der Waals surface area contributed by atoms with Gasteiger partial charge in [0.25, 0.3) is 0 Å². The van der Waals surface area contributed by atoms with Crippen LogP contribution in [0.25, 0.3) is 0 Å². The monoisotopic (exact) mass is 267 g/mol. The van der Waals surface area contributed by atoms with Gasteiger partial charge in [-0.3, -0.25) is 4.90 Å². The van der Waals surface area contributed by atoms with Crippen LogP contribution in [0.3, 0.4) is 0 Å². The topological polar surface area (TPSA) is 48.3 Å². The Hall–Kier alpha value is -0.630. The van der Waals surface area contributed by atoms with E-state index in [0.717, 1.165) is 38.9 Å². The van der Waals surface area contributed by atoms with Gasteiger partial charge in [-0.1, -0.05) is 6.92 Å². The molecular formula is C15H29N3O. The molecule has 0 aromatic heterocycles. The third kappa shape index (κ3) is 4.76. The van der Waals surface area contributed by atoms with E-state index in [2.05, 4.69) is 44.0 Å². The summed E-state index contributed by atoms with van der Waals surface area (Å²) in [5.41, 5.74) is -0.412. The van der Waals surface area contributed by atoms with Gasteiger partial charge >= 0.3 is 0 Å². The molecule has 1 N–H and O–H groups in total. The minimum atomic E-state index is -0.354. The number of nitrogens with one attached hydrogen (secondary N) is 1. The van der Waals surface area contributed by atoms with Crippen LogP contribution in [0.15, 0.2) is 0 Å². The van der Waals surface area contributed by atoms with Crippen molar-refractivity contribution in [1.29, 1.82) is 5.26 Å². The fourth-order valence-electron chi connectivity index (χ4n) is 3.03. The van der Waals surface area contributed by atoms with Gasteiger partial charge in [0, 0.05) is 13.1 Å². The summed E-state index contributed by atoms with van der Waals surface area (Å²) in [7, 11) is 1.88. The van der Waals surface area contributed by atoms with Crippen LogP contribution in [0.5, 0.6) is 0 Å². The van der Waals surface area contributed by atoms with Crippen LogP contribution in [-0.4, -0.2) is 48.8 Å². The molecule has 0 radical (unpaired) electrons. The van der Waals surface area contributed by atoms with Crippen molar-refractivity contribution in [1.82, 2.24) is 10.2 Å². The highest BCUT2D eigenvalue weighted by Crippen LogP contribution is 2.22. The highest BCUT2D eigenvalue weighted by Gasteiger charge is 2.31. The van der Waals surface area contributed by atoms with Crippen molar-refractivity contribution in [2.24, 2.45) is 0 Å². The van der Waals surface area contributed by atoms with Crippen LogP contribution < -0.4 is 5.32 Å². The smallest absolute Gasteiger partial charge is 0.106 e. The highest BCUT2D eigenvalue weighted by atomic mass is 16.5. The predicted octanol–water partition coefficient (Wildman–Crippen LogP) is 2.16. The van der Waals surface area contributed by atoms with Gasteiger partial charge in [0.2, 0.25) is 0 Å². The van der Waals surface area contributed by atoms with E-state index < -0.39 is 0 Å². The lowest BCUT2D eigenvalue weighted by molar-refractivity contribution is -0.128. The van der Waals surface area contributed by atoms with E-state index in [0.29, 0.717) is 6.10 Å². The first kappa shape index (κ1) is 16.4. The zero-order chi connectivity index (χ0) is 14.5. The third-order valence-corrected chi connectivity index (χ3v) is 4.01. The van der Waals surface area contributed by atoms with Crippen molar-refractivity contribution in [3.8, 4) is 6.07 Å². The van der Waals surface area contributed by atoms with Gasteiger partial charge in [-0.05, 0) is 53.6 Å². The number of hydrogen-bond acceptors (Lipinski definition) is 4. The lowest BCUT2D eigenvalue weighted by Gasteiger charge is -2.42. The molecule has 1 saturated heterocycles. The van der Waals surface area contributed by atoms with Gasteiger partial charge in [-0.25, -0.2) is 0 Å². The number of ether oxygens (including phenoxy) is 1. The van der Waals surface area contributed by atoms with E-state index in [1.54, 1.807) is 0 Å². The summed E-state index contributed by atoms with van der Waals surface area (Å²) in [4.78, 5) is 2.46. The fourth-order valence-corrected chi connectivity index (χ4v) is 3.03. The fraction of sp³-hybridized carbons (Fsp3) is 0.933. The molecular weight excluding hydrogens is 238 g/mol. The van der Waals surface area contributed by atoms with Crippen molar-refractivity contribution < 1.29 is 4.74 Å². The normalized spacial score (nSPS) is 26.6. The first-order valence-corrected chi connectivity index (χ1v) is 7.37. The number of morpholine rings is 1. The van der Waals surface area contributed by atoms with Crippen LogP contribution in [0.4, 0.5) is 0 Å². The maximum absolute atomic E-state index is 9.29. The Kier molecular flexibility index (Phi) is 5.79. The second-order valence-electron chi connectivity index (χ2n) is 6.32. The molecule has 1 rings (SSSR count). The molecule has 0 bridgehead atoms. The Morgan fingerprint density at radius 3 is 2.68 bits per heavy atom. The summed E-state index contributed by atoms with van der Waals surface area (Å²) in [5.74, 6) is 0. The minimum Gasteiger partial charge on any atom is -0.370 e. The van der Waals surface area contributed by atoms with Crippen molar-refractivity contribution in [2.45, 2.75) is 64.2 Å². The molecule has 0 amide bonds. The average Bonchev–Trinajstić information content (AvgIpc) is 2.33. The van der Waals surface area contributed by atoms with E-state index in [9.17, 15) is 5.26 Å². The summed E-state index contributed by atoms with van der Waals surface area (Å²) in [6.07, 6.45) is 3.10. The van der Waals surface area contributed by atoms with Crippen molar-refractivity contribution >= 4 is 0 Å². The molecule has 4 nitrogen and oxygen atoms in total. The summed E-state index contributed by atoms with van der Waals surface area (Å²) in [6, 6.07) is 2.42. The maximum Gasteiger partial charge on any atom is 0.106 e. The van der Waals surface area contributed by atoms with Crippen LogP contribution in [0.2, 0.25) is 0 Å². The number of rotatable bonds is 6. The number of nitriles is 1. The predicted molar refractivity (Wildman–Crippen MR) is 78.0 cm³/mol. The van der Waals surface area contributed by atoms with E-state index in [4.69, 9.17) is 4.74 Å². The van der Waals surface area contributed by atoms with Crippen LogP contribution in [0, 0.1) is 11.3 Å². The molecule has 0 aromatic carbocycles. The summed E-state index contributed by atoms with van der Waals surface area (Å²) < 4.78 is 5.91. The molecule has 4 heteroatoms. The first-order chi connectivity index (χ1) is 8.86. The minimum absolute atomic E-state index is 0.0578. The van der Waals surface area contributed by atoms with Gasteiger partial charge in [0.15, 0.2) is 0 Å². The summed E-state index contributed by atoms with van der Waals surface area (Å²) in [5, 5.41) is 12.5. The summed E-state index contributed by atoms with van der Waals surface area (Å²) >= 11 is 0. The van der Waals surface area contributed by atoms with Gasteiger partial charge in [0.1, 0.15) is 5.54 Å². The van der Waals surface area contributed by atoms with Crippen LogP contribution in [-0.2, 0) is 4.74 Å². The van der Waals surface area contributed by atoms with Gasteiger partial charge < -0.3 is 10.1 Å².